The van der Waals surface area contributed by atoms with Gasteiger partial charge in [-0.25, -0.2) is 4.98 Å². The van der Waals surface area contributed by atoms with E-state index < -0.39 is 5.92 Å². The van der Waals surface area contributed by atoms with Gasteiger partial charge in [-0.3, -0.25) is 9.59 Å². The number of ether oxygens (including phenoxy) is 2. The smallest absolute Gasteiger partial charge is 0.257 e. The maximum atomic E-state index is 13.5. The van der Waals surface area contributed by atoms with Crippen molar-refractivity contribution in [3.63, 3.8) is 0 Å². The van der Waals surface area contributed by atoms with Crippen molar-refractivity contribution in [1.29, 1.82) is 0 Å². The number of thioether (sulfide) groups is 1. The highest BCUT2D eigenvalue weighted by Gasteiger charge is 2.39. The van der Waals surface area contributed by atoms with Crippen molar-refractivity contribution in [2.75, 3.05) is 19.5 Å². The zero-order valence-corrected chi connectivity index (χ0v) is 20.8. The number of H-pyrrole nitrogens is 1. The largest absolute Gasteiger partial charge is 0.497 e. The van der Waals surface area contributed by atoms with Crippen LogP contribution in [0.3, 0.4) is 0 Å². The number of fused-ring (bicyclic) bond motifs is 1. The average molecular weight is 490 g/mol. The Morgan fingerprint density at radius 2 is 1.86 bits per heavy atom. The van der Waals surface area contributed by atoms with Crippen LogP contribution in [-0.4, -0.2) is 30.0 Å². The summed E-state index contributed by atoms with van der Waals surface area (Å²) >= 11 is 1.47. The number of hydrogen-bond donors (Lipinski definition) is 2. The van der Waals surface area contributed by atoms with Crippen LogP contribution in [0, 0.1) is 6.92 Å². The topological polar surface area (TPSA) is 93.3 Å². The average Bonchev–Trinajstić information content (AvgIpc) is 2.87. The molecule has 0 saturated carbocycles. The third kappa shape index (κ3) is 4.46. The summed E-state index contributed by atoms with van der Waals surface area (Å²) in [5.41, 5.74) is 4.66. The Balaban J connectivity index is 1.60. The number of hydrogen-bond acceptors (Lipinski definition) is 7. The summed E-state index contributed by atoms with van der Waals surface area (Å²) in [6.07, 6.45) is 1.94. The molecule has 1 aliphatic heterocycles. The molecule has 2 aromatic carbocycles. The van der Waals surface area contributed by atoms with E-state index in [1.807, 2.05) is 6.07 Å². The van der Waals surface area contributed by atoms with Crippen LogP contribution < -0.4 is 20.3 Å². The van der Waals surface area contributed by atoms with Crippen LogP contribution >= 0.6 is 11.8 Å². The number of rotatable bonds is 6. The molecule has 35 heavy (non-hydrogen) atoms. The third-order valence-electron chi connectivity index (χ3n) is 6.48. The van der Waals surface area contributed by atoms with Crippen molar-refractivity contribution >= 4 is 23.4 Å². The molecule has 0 saturated heterocycles. The normalized spacial score (nSPS) is 16.9. The number of carbonyl (C=O) groups excluding carboxylic acids is 1. The lowest BCUT2D eigenvalue weighted by molar-refractivity contribution is -0.116. The lowest BCUT2D eigenvalue weighted by Crippen LogP contribution is -2.33. The predicted octanol–water partition coefficient (Wildman–Crippen LogP) is 4.95. The number of Topliss-reactive ketones (excluding diaryl/α,β-unsaturated/α-hetero) is 1. The fourth-order valence-corrected chi connectivity index (χ4v) is 5.54. The van der Waals surface area contributed by atoms with Gasteiger partial charge in [-0.1, -0.05) is 41.6 Å². The van der Waals surface area contributed by atoms with Gasteiger partial charge in [-0.05, 0) is 43.5 Å². The number of benzene rings is 2. The second-order valence-electron chi connectivity index (χ2n) is 8.74. The Hall–Kier alpha value is -3.52. The second kappa shape index (κ2) is 9.62. The van der Waals surface area contributed by atoms with Crippen LogP contribution in [0.15, 0.2) is 63.7 Å². The Morgan fingerprint density at radius 3 is 2.60 bits per heavy atom. The van der Waals surface area contributed by atoms with Crippen molar-refractivity contribution in [3.8, 4) is 11.5 Å². The fourth-order valence-electron chi connectivity index (χ4n) is 4.72. The summed E-state index contributed by atoms with van der Waals surface area (Å²) < 4.78 is 11.1. The van der Waals surface area contributed by atoms with Crippen LogP contribution in [0.2, 0.25) is 0 Å². The van der Waals surface area contributed by atoms with Crippen molar-refractivity contribution < 1.29 is 14.3 Å². The van der Waals surface area contributed by atoms with E-state index in [1.165, 1.54) is 17.3 Å². The first-order valence-electron chi connectivity index (χ1n) is 11.6. The van der Waals surface area contributed by atoms with Gasteiger partial charge in [0, 0.05) is 29.0 Å². The van der Waals surface area contributed by atoms with Gasteiger partial charge in [0.25, 0.3) is 5.56 Å². The zero-order valence-electron chi connectivity index (χ0n) is 19.9. The standard InChI is InChI=1S/C27H27N3O4S/c1-15-7-9-16(10-8-15)14-35-27-29-25-24(26(32)30-27)22(23-19(28-25)5-4-6-20(23)31)18-13-17(33-2)11-12-21(18)34-3/h7-13,22H,4-6,14H2,1-3H3,(H2,28,29,30,32). The molecule has 7 nitrogen and oxygen atoms in total. The molecule has 5 rings (SSSR count). The molecular weight excluding hydrogens is 462 g/mol. The molecule has 8 heteroatoms. The Bertz CT molecular complexity index is 1380. The van der Waals surface area contributed by atoms with Gasteiger partial charge in [-0.2, -0.15) is 0 Å². The molecule has 1 atom stereocenters. The van der Waals surface area contributed by atoms with Crippen LogP contribution in [-0.2, 0) is 10.5 Å². The first-order valence-corrected chi connectivity index (χ1v) is 12.5. The van der Waals surface area contributed by atoms with Crippen LogP contribution in [0.4, 0.5) is 5.82 Å². The quantitative estimate of drug-likeness (QED) is 0.374. The molecule has 1 aromatic heterocycles. The van der Waals surface area contributed by atoms with E-state index in [4.69, 9.17) is 14.5 Å². The van der Waals surface area contributed by atoms with Crippen LogP contribution in [0.25, 0.3) is 0 Å². The van der Waals surface area contributed by atoms with Crippen molar-refractivity contribution in [2.24, 2.45) is 0 Å². The number of methoxy groups -OCH3 is 2. The number of aromatic nitrogens is 2. The highest BCUT2D eigenvalue weighted by atomic mass is 32.2. The van der Waals surface area contributed by atoms with E-state index in [2.05, 4.69) is 41.5 Å². The number of nitrogens with zero attached hydrogens (tertiary/aromatic N) is 1. The Labute approximate surface area is 208 Å². The second-order valence-corrected chi connectivity index (χ2v) is 9.71. The van der Waals surface area contributed by atoms with E-state index in [1.54, 1.807) is 26.4 Å². The molecule has 3 aromatic rings. The maximum absolute atomic E-state index is 13.5. The molecule has 0 fully saturated rings. The maximum Gasteiger partial charge on any atom is 0.257 e. The number of aryl methyl sites for hydroxylation is 1. The van der Waals surface area contributed by atoms with E-state index in [0.29, 0.717) is 51.3 Å². The van der Waals surface area contributed by atoms with E-state index >= 15 is 0 Å². The summed E-state index contributed by atoms with van der Waals surface area (Å²) in [5, 5.41) is 3.86. The van der Waals surface area contributed by atoms with Gasteiger partial charge in [0.1, 0.15) is 17.3 Å². The van der Waals surface area contributed by atoms with E-state index in [-0.39, 0.29) is 11.3 Å². The lowest BCUT2D eigenvalue weighted by Gasteiger charge is -2.33. The number of ketones is 1. The molecule has 180 valence electrons. The minimum absolute atomic E-state index is 0.0384. The first kappa shape index (κ1) is 23.2. The monoisotopic (exact) mass is 489 g/mol. The zero-order chi connectivity index (χ0) is 24.5. The molecule has 1 aliphatic carbocycles. The molecule has 2 aliphatic rings. The van der Waals surface area contributed by atoms with Crippen molar-refractivity contribution in [1.82, 2.24) is 9.97 Å². The Morgan fingerprint density at radius 1 is 1.06 bits per heavy atom. The van der Waals surface area contributed by atoms with Crippen molar-refractivity contribution in [3.05, 3.63) is 86.3 Å². The molecule has 0 spiro atoms. The summed E-state index contributed by atoms with van der Waals surface area (Å²) in [4.78, 5) is 34.4. The number of anilines is 1. The minimum atomic E-state index is -0.591. The third-order valence-corrected chi connectivity index (χ3v) is 7.42. The van der Waals surface area contributed by atoms with Gasteiger partial charge >= 0.3 is 0 Å². The van der Waals surface area contributed by atoms with Gasteiger partial charge in [-0.15, -0.1) is 0 Å². The predicted molar refractivity (Wildman–Crippen MR) is 136 cm³/mol. The molecule has 1 unspecified atom stereocenters. The van der Waals surface area contributed by atoms with Gasteiger partial charge in [0.2, 0.25) is 0 Å². The number of aromatic amines is 1. The first-order chi connectivity index (χ1) is 17.0. The summed E-state index contributed by atoms with van der Waals surface area (Å²) in [7, 11) is 3.17. The van der Waals surface area contributed by atoms with E-state index in [9.17, 15) is 9.59 Å². The van der Waals surface area contributed by atoms with Crippen LogP contribution in [0.5, 0.6) is 11.5 Å². The van der Waals surface area contributed by atoms with Crippen LogP contribution in [0.1, 0.15) is 47.4 Å². The summed E-state index contributed by atoms with van der Waals surface area (Å²) in [5.74, 6) is 1.83. The molecule has 0 radical (unpaired) electrons. The Kier molecular flexibility index (Phi) is 6.38. The molecule has 0 bridgehead atoms. The molecule has 2 heterocycles. The summed E-state index contributed by atoms with van der Waals surface area (Å²) in [6.45, 7) is 2.05. The number of carbonyl (C=O) groups is 1. The van der Waals surface area contributed by atoms with E-state index in [0.717, 1.165) is 24.1 Å². The van der Waals surface area contributed by atoms with Gasteiger partial charge in [0.15, 0.2) is 10.9 Å². The summed E-state index contributed by atoms with van der Waals surface area (Å²) in [6, 6.07) is 13.7. The minimum Gasteiger partial charge on any atom is -0.497 e. The fraction of sp³-hybridized carbons (Fsp3) is 0.296. The lowest BCUT2D eigenvalue weighted by atomic mass is 9.76. The molecule has 0 amide bonds. The number of nitrogens with one attached hydrogen (secondary N) is 2. The number of allylic oxidation sites excluding steroid dienone is 2. The molecular formula is C27H27N3O4S. The van der Waals surface area contributed by atoms with Gasteiger partial charge < -0.3 is 19.8 Å². The highest BCUT2D eigenvalue weighted by Crippen LogP contribution is 2.46. The van der Waals surface area contributed by atoms with Crippen molar-refractivity contribution in [2.45, 2.75) is 43.0 Å². The highest BCUT2D eigenvalue weighted by molar-refractivity contribution is 7.98. The molecule has 2 N–H and O–H groups in total. The SMILES string of the molecule is COc1ccc(OC)c(C2C3=C(CCCC3=O)Nc3nc(SCc4ccc(C)cc4)[nH]c(=O)c32)c1. The van der Waals surface area contributed by atoms with Gasteiger partial charge in [0.05, 0.1) is 25.7 Å².